The average molecular weight is 288 g/mol. The first kappa shape index (κ1) is 11.6. The molecule has 1 aliphatic heterocycles. The van der Waals surface area contributed by atoms with E-state index in [1.165, 1.54) is 28.2 Å². The number of hydrogen-bond acceptors (Lipinski definition) is 2. The minimum Gasteiger partial charge on any atom is -0.298 e. The van der Waals surface area contributed by atoms with E-state index in [-0.39, 0.29) is 0 Å². The molecule has 0 bridgehead atoms. The van der Waals surface area contributed by atoms with Gasteiger partial charge in [-0.2, -0.15) is 0 Å². The lowest BCUT2D eigenvalue weighted by Gasteiger charge is -2.16. The Hall–Kier alpha value is 0.140. The molecule has 0 amide bonds. The lowest BCUT2D eigenvalue weighted by Crippen LogP contribution is -2.20. The average Bonchev–Trinajstić information content (AvgIpc) is 2.76. The first-order valence-corrected chi connectivity index (χ1v) is 7.22. The molecule has 1 nitrogen and oxygen atoms in total. The lowest BCUT2D eigenvalue weighted by molar-refractivity contribution is 0.299. The fraction of sp³-hybridized carbons (Fsp3) is 0.667. The summed E-state index contributed by atoms with van der Waals surface area (Å²) in [5.41, 5.74) is 0. The van der Waals surface area contributed by atoms with Gasteiger partial charge in [0.25, 0.3) is 0 Å². The summed E-state index contributed by atoms with van der Waals surface area (Å²) in [6, 6.07) is 4.38. The molecule has 1 aromatic heterocycles. The molecule has 0 aliphatic carbocycles. The van der Waals surface area contributed by atoms with Crippen molar-refractivity contribution in [2.75, 3.05) is 13.1 Å². The van der Waals surface area contributed by atoms with Crippen LogP contribution in [0.25, 0.3) is 0 Å². The Kier molecular flexibility index (Phi) is 3.86. The summed E-state index contributed by atoms with van der Waals surface area (Å²) in [4.78, 5) is 4.06. The smallest absolute Gasteiger partial charge is 0.0701 e. The minimum absolute atomic E-state index is 0.838. The van der Waals surface area contributed by atoms with Crippen LogP contribution in [0, 0.1) is 11.8 Å². The van der Waals surface area contributed by atoms with Crippen molar-refractivity contribution in [1.82, 2.24) is 4.90 Å². The van der Waals surface area contributed by atoms with E-state index in [2.05, 4.69) is 46.8 Å². The van der Waals surface area contributed by atoms with Crippen molar-refractivity contribution < 1.29 is 0 Å². The largest absolute Gasteiger partial charge is 0.298 e. The van der Waals surface area contributed by atoms with E-state index in [0.717, 1.165) is 18.4 Å². The van der Waals surface area contributed by atoms with Gasteiger partial charge in [0.15, 0.2) is 0 Å². The monoisotopic (exact) mass is 287 g/mol. The van der Waals surface area contributed by atoms with Gasteiger partial charge < -0.3 is 0 Å². The normalized spacial score (nSPS) is 22.8. The molecule has 0 N–H and O–H groups in total. The highest BCUT2D eigenvalue weighted by molar-refractivity contribution is 9.11. The molecule has 0 saturated carbocycles. The number of likely N-dealkylation sites (tertiary alicyclic amines) is 1. The SMILES string of the molecule is CC(C)C1CCN(Cc2ccc(Br)s2)C1. The van der Waals surface area contributed by atoms with Crippen molar-refractivity contribution in [2.24, 2.45) is 11.8 Å². The molecule has 1 unspecified atom stereocenters. The molecule has 1 aliphatic rings. The summed E-state index contributed by atoms with van der Waals surface area (Å²) in [7, 11) is 0. The number of hydrogen-bond donors (Lipinski definition) is 0. The van der Waals surface area contributed by atoms with Crippen molar-refractivity contribution in [3.05, 3.63) is 20.8 Å². The van der Waals surface area contributed by atoms with Crippen molar-refractivity contribution in [2.45, 2.75) is 26.8 Å². The third-order valence-electron chi connectivity index (χ3n) is 3.26. The second-order valence-electron chi connectivity index (χ2n) is 4.73. The minimum atomic E-state index is 0.838. The molecule has 1 fully saturated rings. The van der Waals surface area contributed by atoms with Gasteiger partial charge >= 0.3 is 0 Å². The number of thiophene rings is 1. The van der Waals surface area contributed by atoms with Crippen LogP contribution < -0.4 is 0 Å². The quantitative estimate of drug-likeness (QED) is 0.813. The second kappa shape index (κ2) is 4.98. The third kappa shape index (κ3) is 3.05. The number of halogens is 1. The standard InChI is InChI=1S/C12H18BrNS/c1-9(2)10-5-6-14(7-10)8-11-3-4-12(13)15-11/h3-4,9-10H,5-8H2,1-2H3. The van der Waals surface area contributed by atoms with Gasteiger partial charge in [0.1, 0.15) is 0 Å². The van der Waals surface area contributed by atoms with Crippen LogP contribution in [0.15, 0.2) is 15.9 Å². The van der Waals surface area contributed by atoms with Gasteiger partial charge in [-0.3, -0.25) is 4.90 Å². The Morgan fingerprint density at radius 3 is 2.87 bits per heavy atom. The van der Waals surface area contributed by atoms with Crippen LogP contribution in [-0.2, 0) is 6.54 Å². The molecule has 1 aromatic rings. The zero-order chi connectivity index (χ0) is 10.8. The van der Waals surface area contributed by atoms with Gasteiger partial charge in [-0.15, -0.1) is 11.3 Å². The molecule has 0 radical (unpaired) electrons. The van der Waals surface area contributed by atoms with E-state index in [1.54, 1.807) is 0 Å². The van der Waals surface area contributed by atoms with Crippen molar-refractivity contribution in [3.63, 3.8) is 0 Å². The highest BCUT2D eigenvalue weighted by atomic mass is 79.9. The fourth-order valence-electron chi connectivity index (χ4n) is 2.21. The highest BCUT2D eigenvalue weighted by Gasteiger charge is 2.24. The molecular weight excluding hydrogens is 270 g/mol. The molecule has 1 atom stereocenters. The van der Waals surface area contributed by atoms with Gasteiger partial charge in [0.05, 0.1) is 3.79 Å². The summed E-state index contributed by atoms with van der Waals surface area (Å²) in [5, 5.41) is 0. The topological polar surface area (TPSA) is 3.24 Å². The van der Waals surface area contributed by atoms with Crippen LogP contribution in [0.1, 0.15) is 25.1 Å². The van der Waals surface area contributed by atoms with E-state index < -0.39 is 0 Å². The van der Waals surface area contributed by atoms with Gasteiger partial charge in [-0.05, 0) is 52.9 Å². The van der Waals surface area contributed by atoms with Crippen LogP contribution in [0.5, 0.6) is 0 Å². The van der Waals surface area contributed by atoms with Crippen molar-refractivity contribution >= 4 is 27.3 Å². The van der Waals surface area contributed by atoms with Crippen LogP contribution in [0.2, 0.25) is 0 Å². The maximum Gasteiger partial charge on any atom is 0.0701 e. The van der Waals surface area contributed by atoms with Crippen molar-refractivity contribution in [3.8, 4) is 0 Å². The Labute approximate surface area is 105 Å². The lowest BCUT2D eigenvalue weighted by atomic mass is 9.95. The van der Waals surface area contributed by atoms with E-state index >= 15 is 0 Å². The maximum absolute atomic E-state index is 3.52. The summed E-state index contributed by atoms with van der Waals surface area (Å²) < 4.78 is 1.25. The van der Waals surface area contributed by atoms with Crippen LogP contribution >= 0.6 is 27.3 Å². The first-order chi connectivity index (χ1) is 7.15. The predicted octanol–water partition coefficient (Wildman–Crippen LogP) is 3.99. The predicted molar refractivity (Wildman–Crippen MR) is 70.2 cm³/mol. The van der Waals surface area contributed by atoms with Gasteiger partial charge in [0.2, 0.25) is 0 Å². The Morgan fingerprint density at radius 2 is 2.33 bits per heavy atom. The highest BCUT2D eigenvalue weighted by Crippen LogP contribution is 2.28. The van der Waals surface area contributed by atoms with E-state index in [1.807, 2.05) is 11.3 Å². The van der Waals surface area contributed by atoms with Gasteiger partial charge in [-0.25, -0.2) is 0 Å². The zero-order valence-corrected chi connectivity index (χ0v) is 11.8. The summed E-state index contributed by atoms with van der Waals surface area (Å²) >= 11 is 5.38. The molecule has 84 valence electrons. The van der Waals surface area contributed by atoms with Crippen LogP contribution in [-0.4, -0.2) is 18.0 Å². The zero-order valence-electron chi connectivity index (χ0n) is 9.37. The summed E-state index contributed by atoms with van der Waals surface area (Å²) in [5.74, 6) is 1.75. The van der Waals surface area contributed by atoms with E-state index in [4.69, 9.17) is 0 Å². The van der Waals surface area contributed by atoms with Crippen LogP contribution in [0.4, 0.5) is 0 Å². The van der Waals surface area contributed by atoms with Gasteiger partial charge in [0, 0.05) is 18.0 Å². The number of rotatable bonds is 3. The summed E-state index contributed by atoms with van der Waals surface area (Å²) in [6.45, 7) is 8.39. The van der Waals surface area contributed by atoms with Gasteiger partial charge in [-0.1, -0.05) is 13.8 Å². The molecule has 2 rings (SSSR count). The Balaban J connectivity index is 1.87. The fourth-order valence-corrected chi connectivity index (χ4v) is 3.73. The molecule has 1 saturated heterocycles. The molecule has 0 spiro atoms. The number of nitrogens with zero attached hydrogens (tertiary/aromatic N) is 1. The third-order valence-corrected chi connectivity index (χ3v) is 4.87. The Bertz CT molecular complexity index is 321. The molecule has 2 heterocycles. The maximum atomic E-state index is 3.52. The Morgan fingerprint density at radius 1 is 1.53 bits per heavy atom. The van der Waals surface area contributed by atoms with E-state index in [9.17, 15) is 0 Å². The molecule has 0 aromatic carbocycles. The summed E-state index contributed by atoms with van der Waals surface area (Å²) in [6.07, 6.45) is 1.38. The van der Waals surface area contributed by atoms with Crippen molar-refractivity contribution in [1.29, 1.82) is 0 Å². The molecule has 15 heavy (non-hydrogen) atoms. The molecular formula is C12H18BrNS. The second-order valence-corrected chi connectivity index (χ2v) is 7.28. The van der Waals surface area contributed by atoms with Crippen LogP contribution in [0.3, 0.4) is 0 Å². The first-order valence-electron chi connectivity index (χ1n) is 5.61. The molecule has 3 heteroatoms. The van der Waals surface area contributed by atoms with E-state index in [0.29, 0.717) is 0 Å².